The zero-order valence-corrected chi connectivity index (χ0v) is 19.8. The van der Waals surface area contributed by atoms with Crippen molar-refractivity contribution in [3.63, 3.8) is 0 Å². The van der Waals surface area contributed by atoms with Crippen molar-refractivity contribution in [2.45, 2.75) is 76.6 Å². The molecular weight excluding hydrogens is 456 g/mol. The second-order valence-electron chi connectivity index (χ2n) is 9.76. The Labute approximate surface area is 192 Å². The van der Waals surface area contributed by atoms with Crippen LogP contribution in [0, 0.1) is 0 Å². The Hall–Kier alpha value is -2.45. The molecule has 13 nitrogen and oxygen atoms in total. The van der Waals surface area contributed by atoms with Crippen LogP contribution >= 0.6 is 0 Å². The smallest absolute Gasteiger partial charge is 0.418 e. The fourth-order valence-electron chi connectivity index (χ4n) is 4.59. The minimum absolute atomic E-state index is 0.181. The van der Waals surface area contributed by atoms with Crippen molar-refractivity contribution in [1.82, 2.24) is 29.9 Å². The molecule has 33 heavy (non-hydrogen) atoms. The molecule has 0 aliphatic carbocycles. The summed E-state index contributed by atoms with van der Waals surface area (Å²) >= 11 is 0. The lowest BCUT2D eigenvalue weighted by molar-refractivity contribution is -0.0317. The van der Waals surface area contributed by atoms with Gasteiger partial charge in [0.2, 0.25) is 0 Å². The van der Waals surface area contributed by atoms with E-state index in [0.717, 1.165) is 23.6 Å². The zero-order chi connectivity index (χ0) is 24.0. The molecule has 2 atom stereocenters. The molecule has 14 heteroatoms. The summed E-state index contributed by atoms with van der Waals surface area (Å²) in [6.45, 7) is 7.45. The van der Waals surface area contributed by atoms with E-state index in [2.05, 4.69) is 14.6 Å². The van der Waals surface area contributed by atoms with Crippen LogP contribution in [-0.2, 0) is 26.0 Å². The summed E-state index contributed by atoms with van der Waals surface area (Å²) in [4.78, 5) is 28.1. The van der Waals surface area contributed by atoms with E-state index in [0.29, 0.717) is 39.0 Å². The van der Waals surface area contributed by atoms with Gasteiger partial charge in [0.05, 0.1) is 24.3 Å². The van der Waals surface area contributed by atoms with Crippen LogP contribution in [0.25, 0.3) is 0 Å². The number of carbonyl (C=O) groups excluding carboxylic acids is 2. The van der Waals surface area contributed by atoms with Crippen LogP contribution in [0.4, 0.5) is 9.59 Å². The van der Waals surface area contributed by atoms with Gasteiger partial charge in [-0.25, -0.2) is 9.59 Å². The van der Waals surface area contributed by atoms with Crippen LogP contribution in [0.1, 0.15) is 58.1 Å². The van der Waals surface area contributed by atoms with Crippen molar-refractivity contribution in [3.05, 3.63) is 11.9 Å². The first kappa shape index (κ1) is 23.7. The normalized spacial score (nSPS) is 24.5. The van der Waals surface area contributed by atoms with Gasteiger partial charge in [-0.05, 0) is 46.5 Å². The molecule has 3 aliphatic rings. The zero-order valence-electron chi connectivity index (χ0n) is 19.0. The number of likely N-dealkylation sites (tertiary alicyclic amines) is 1. The number of hydrogen-bond donors (Lipinski definition) is 1. The molecule has 0 unspecified atom stereocenters. The van der Waals surface area contributed by atoms with Gasteiger partial charge in [0.15, 0.2) is 0 Å². The molecule has 4 heterocycles. The fourth-order valence-corrected chi connectivity index (χ4v) is 4.98. The van der Waals surface area contributed by atoms with E-state index in [1.165, 1.54) is 0 Å². The number of amides is 3. The van der Waals surface area contributed by atoms with E-state index in [9.17, 15) is 18.0 Å². The molecule has 0 radical (unpaired) electrons. The maximum absolute atomic E-state index is 12.6. The topological polar surface area (TPSA) is 147 Å². The molecule has 0 spiro atoms. The molecule has 0 aromatic carbocycles. The van der Waals surface area contributed by atoms with E-state index < -0.39 is 28.1 Å². The largest absolute Gasteiger partial charge is 0.444 e. The molecule has 0 saturated carbocycles. The fraction of sp³-hybridized carbons (Fsp3) is 0.789. The number of ether oxygens (including phenoxy) is 1. The molecule has 4 rings (SSSR count). The highest BCUT2D eigenvalue weighted by Gasteiger charge is 2.47. The lowest BCUT2D eigenvalue weighted by atomic mass is 9.94. The highest BCUT2D eigenvalue weighted by atomic mass is 32.3. The van der Waals surface area contributed by atoms with E-state index >= 15 is 0 Å². The molecule has 3 aliphatic heterocycles. The summed E-state index contributed by atoms with van der Waals surface area (Å²) in [7, 11) is -4.76. The Balaban J connectivity index is 1.32. The van der Waals surface area contributed by atoms with Gasteiger partial charge >= 0.3 is 22.5 Å². The Morgan fingerprint density at radius 1 is 1.21 bits per heavy atom. The van der Waals surface area contributed by atoms with Gasteiger partial charge in [-0.15, -0.1) is 9.38 Å². The number of hydroxylamine groups is 2. The van der Waals surface area contributed by atoms with Crippen LogP contribution in [0.5, 0.6) is 0 Å². The maximum atomic E-state index is 12.6. The third kappa shape index (κ3) is 5.55. The molecule has 1 N–H and O–H groups in total. The van der Waals surface area contributed by atoms with Gasteiger partial charge in [-0.1, -0.05) is 5.21 Å². The van der Waals surface area contributed by atoms with Crippen molar-refractivity contribution < 1.29 is 31.6 Å². The summed E-state index contributed by atoms with van der Waals surface area (Å²) in [5, 5.41) is 9.26. The third-order valence-electron chi connectivity index (χ3n) is 6.14. The number of urea groups is 1. The first-order chi connectivity index (χ1) is 15.4. The van der Waals surface area contributed by atoms with Crippen molar-refractivity contribution in [2.75, 3.05) is 19.6 Å². The van der Waals surface area contributed by atoms with Gasteiger partial charge in [0.25, 0.3) is 0 Å². The van der Waals surface area contributed by atoms with E-state index in [1.54, 1.807) is 14.5 Å². The summed E-state index contributed by atoms with van der Waals surface area (Å²) in [6.07, 6.45) is 4.28. The van der Waals surface area contributed by atoms with Gasteiger partial charge < -0.3 is 14.5 Å². The van der Waals surface area contributed by atoms with Crippen LogP contribution in [0.3, 0.4) is 0 Å². The Bertz CT molecular complexity index is 999. The predicted octanol–water partition coefficient (Wildman–Crippen LogP) is 1.40. The van der Waals surface area contributed by atoms with Gasteiger partial charge in [0.1, 0.15) is 5.60 Å². The number of hydrogen-bond acceptors (Lipinski definition) is 8. The Kier molecular flexibility index (Phi) is 6.26. The molecule has 1 aromatic heterocycles. The standard InChI is InChI=1S/C19H30N6O7S/c1-19(2,3)31-18(27)22-8-6-13(7-9-22)16-12-23(21-20-16)10-14-4-5-15-11-24(14)17(26)25(15)32-33(28,29)30/h12-15H,4-11H2,1-3H3,(H,28,29,30)/t14-,15+/m0/s1. The maximum Gasteiger partial charge on any atom is 0.418 e. The minimum atomic E-state index is -4.76. The number of aromatic nitrogens is 3. The average molecular weight is 487 g/mol. The molecule has 184 valence electrons. The number of carbonyl (C=O) groups is 2. The van der Waals surface area contributed by atoms with Crippen molar-refractivity contribution in [1.29, 1.82) is 0 Å². The lowest BCUT2D eigenvalue weighted by Gasteiger charge is -2.32. The van der Waals surface area contributed by atoms with Gasteiger partial charge in [-0.3, -0.25) is 9.23 Å². The predicted molar refractivity (Wildman–Crippen MR) is 113 cm³/mol. The molecule has 3 fully saturated rings. The number of nitrogens with zero attached hydrogens (tertiary/aromatic N) is 6. The summed E-state index contributed by atoms with van der Waals surface area (Å²) < 4.78 is 42.6. The van der Waals surface area contributed by atoms with E-state index in [1.807, 2.05) is 27.0 Å². The van der Waals surface area contributed by atoms with Crippen molar-refractivity contribution in [3.8, 4) is 0 Å². The van der Waals surface area contributed by atoms with Crippen LogP contribution in [0.15, 0.2) is 6.20 Å². The molecule has 1 aromatic rings. The second kappa shape index (κ2) is 8.72. The monoisotopic (exact) mass is 486 g/mol. The number of piperidine rings is 2. The number of rotatable bonds is 5. The molecular formula is C19H30N6O7S. The summed E-state index contributed by atoms with van der Waals surface area (Å²) in [5.41, 5.74) is 0.318. The van der Waals surface area contributed by atoms with E-state index in [4.69, 9.17) is 9.29 Å². The summed E-state index contributed by atoms with van der Waals surface area (Å²) in [5.74, 6) is 0.181. The molecule has 3 saturated heterocycles. The third-order valence-corrected chi connectivity index (χ3v) is 6.49. The summed E-state index contributed by atoms with van der Waals surface area (Å²) in [6, 6.07) is -1.19. The van der Waals surface area contributed by atoms with Gasteiger partial charge in [-0.2, -0.15) is 13.5 Å². The SMILES string of the molecule is CC(C)(C)OC(=O)N1CCC(c2cn(C[C@@H]3CC[C@@H]4CN3C(=O)N4OS(=O)(=O)O)nn2)CC1. The Morgan fingerprint density at radius 2 is 1.91 bits per heavy atom. The first-order valence-corrected chi connectivity index (χ1v) is 12.4. The van der Waals surface area contributed by atoms with Crippen LogP contribution in [0.2, 0.25) is 0 Å². The van der Waals surface area contributed by atoms with Gasteiger partial charge in [0, 0.05) is 31.7 Å². The lowest BCUT2D eigenvalue weighted by Crippen LogP contribution is -2.42. The highest BCUT2D eigenvalue weighted by molar-refractivity contribution is 7.80. The van der Waals surface area contributed by atoms with Crippen LogP contribution in [-0.4, -0.2) is 92.3 Å². The Morgan fingerprint density at radius 3 is 2.55 bits per heavy atom. The van der Waals surface area contributed by atoms with Crippen LogP contribution < -0.4 is 0 Å². The minimum Gasteiger partial charge on any atom is -0.444 e. The highest BCUT2D eigenvalue weighted by Crippen LogP contribution is 2.32. The number of fused-ring (bicyclic) bond motifs is 2. The quantitative estimate of drug-likeness (QED) is 0.610. The average Bonchev–Trinajstić information content (AvgIpc) is 3.27. The first-order valence-electron chi connectivity index (χ1n) is 11.0. The van der Waals surface area contributed by atoms with Crippen molar-refractivity contribution >= 4 is 22.5 Å². The molecule has 3 amide bonds. The molecule has 2 bridgehead atoms. The van der Waals surface area contributed by atoms with E-state index in [-0.39, 0.29) is 18.1 Å². The second-order valence-corrected chi connectivity index (χ2v) is 10.8. The van der Waals surface area contributed by atoms with Crippen molar-refractivity contribution in [2.24, 2.45) is 0 Å².